The third-order valence-electron chi connectivity index (χ3n) is 2.04. The van der Waals surface area contributed by atoms with Gasteiger partial charge in [-0.2, -0.15) is 0 Å². The van der Waals surface area contributed by atoms with Gasteiger partial charge >= 0.3 is 0 Å². The van der Waals surface area contributed by atoms with Crippen molar-refractivity contribution in [2.24, 2.45) is 5.73 Å². The lowest BCUT2D eigenvalue weighted by Crippen LogP contribution is -2.16. The quantitative estimate of drug-likeness (QED) is 0.789. The average molecular weight is 214 g/mol. The van der Waals surface area contributed by atoms with E-state index < -0.39 is 0 Å². The summed E-state index contributed by atoms with van der Waals surface area (Å²) in [5.74, 6) is 0. The molecule has 1 aromatic rings. The number of hydrogen-bond acceptors (Lipinski definition) is 4. The zero-order valence-electron chi connectivity index (χ0n) is 8.82. The second-order valence-corrected chi connectivity index (χ2v) is 4.27. The minimum absolute atomic E-state index is 0.0772. The molecule has 1 heterocycles. The van der Waals surface area contributed by atoms with Crippen LogP contribution in [0.5, 0.6) is 0 Å². The summed E-state index contributed by atoms with van der Waals surface area (Å²) < 4.78 is 4.99. The topological polar surface area (TPSA) is 48.1 Å². The Labute approximate surface area is 89.3 Å². The zero-order valence-corrected chi connectivity index (χ0v) is 9.64. The molecule has 0 radical (unpaired) electrons. The van der Waals surface area contributed by atoms with Gasteiger partial charge in [-0.15, -0.1) is 11.3 Å². The van der Waals surface area contributed by atoms with Crippen molar-refractivity contribution in [3.63, 3.8) is 0 Å². The van der Waals surface area contributed by atoms with Crippen molar-refractivity contribution in [2.75, 3.05) is 13.7 Å². The molecule has 0 fully saturated rings. The number of unbranched alkanes of at least 4 members (excludes halogenated alkanes) is 1. The Balaban J connectivity index is 2.49. The normalized spacial score (nSPS) is 13.1. The van der Waals surface area contributed by atoms with E-state index in [2.05, 4.69) is 11.9 Å². The van der Waals surface area contributed by atoms with Gasteiger partial charge < -0.3 is 10.5 Å². The van der Waals surface area contributed by atoms with E-state index in [9.17, 15) is 0 Å². The summed E-state index contributed by atoms with van der Waals surface area (Å²) in [4.78, 5) is 4.48. The summed E-state index contributed by atoms with van der Waals surface area (Å²) >= 11 is 1.70. The van der Waals surface area contributed by atoms with Crippen molar-refractivity contribution in [3.8, 4) is 0 Å². The van der Waals surface area contributed by atoms with E-state index in [0.29, 0.717) is 6.61 Å². The fourth-order valence-electron chi connectivity index (χ4n) is 1.20. The highest BCUT2D eigenvalue weighted by molar-refractivity contribution is 7.09. The molecular formula is C10H18N2OS. The van der Waals surface area contributed by atoms with Gasteiger partial charge in [0.2, 0.25) is 0 Å². The first kappa shape index (κ1) is 11.6. The van der Waals surface area contributed by atoms with Crippen LogP contribution in [-0.2, 0) is 11.2 Å². The summed E-state index contributed by atoms with van der Waals surface area (Å²) in [6, 6.07) is -0.0772. The lowest BCUT2D eigenvalue weighted by molar-refractivity contribution is 0.180. The maximum atomic E-state index is 5.87. The first-order valence-electron chi connectivity index (χ1n) is 4.96. The summed E-state index contributed by atoms with van der Waals surface area (Å²) in [5.41, 5.74) is 6.83. The lowest BCUT2D eigenvalue weighted by Gasteiger charge is -2.05. The highest BCUT2D eigenvalue weighted by atomic mass is 32.1. The molecule has 80 valence electrons. The maximum absolute atomic E-state index is 5.87. The van der Waals surface area contributed by atoms with Crippen LogP contribution in [0.4, 0.5) is 0 Å². The predicted molar refractivity (Wildman–Crippen MR) is 59.5 cm³/mol. The van der Waals surface area contributed by atoms with E-state index >= 15 is 0 Å². The molecule has 4 heteroatoms. The van der Waals surface area contributed by atoms with Gasteiger partial charge in [-0.3, -0.25) is 0 Å². The van der Waals surface area contributed by atoms with Crippen LogP contribution in [0.25, 0.3) is 0 Å². The summed E-state index contributed by atoms with van der Waals surface area (Å²) in [6.45, 7) is 2.72. The van der Waals surface area contributed by atoms with Crippen LogP contribution in [0, 0.1) is 0 Å². The Morgan fingerprint density at radius 1 is 1.64 bits per heavy atom. The van der Waals surface area contributed by atoms with Gasteiger partial charge in [0.1, 0.15) is 0 Å². The monoisotopic (exact) mass is 214 g/mol. The number of thiazole rings is 1. The number of methoxy groups -OCH3 is 1. The molecule has 0 bridgehead atoms. The molecule has 0 saturated carbocycles. The van der Waals surface area contributed by atoms with E-state index in [0.717, 1.165) is 12.1 Å². The van der Waals surface area contributed by atoms with Crippen LogP contribution in [0.15, 0.2) is 5.38 Å². The lowest BCUT2D eigenvalue weighted by atomic mass is 10.2. The third kappa shape index (κ3) is 3.36. The molecule has 0 aliphatic rings. The third-order valence-corrected chi connectivity index (χ3v) is 2.97. The molecule has 1 aromatic heterocycles. The van der Waals surface area contributed by atoms with Gasteiger partial charge in [-0.25, -0.2) is 4.98 Å². The van der Waals surface area contributed by atoms with E-state index in [1.807, 2.05) is 5.38 Å². The Hall–Kier alpha value is -0.450. The Morgan fingerprint density at radius 2 is 2.43 bits per heavy atom. The van der Waals surface area contributed by atoms with Crippen LogP contribution < -0.4 is 5.73 Å². The molecule has 1 atom stereocenters. The van der Waals surface area contributed by atoms with Crippen LogP contribution in [0.3, 0.4) is 0 Å². The standard InChI is InChI=1S/C10H18N2OS/c1-3-4-5-10-12-9(7-14-10)8(11)6-13-2/h7-8H,3-6,11H2,1-2H3. The molecule has 0 aromatic carbocycles. The van der Waals surface area contributed by atoms with Crippen LogP contribution >= 0.6 is 11.3 Å². The van der Waals surface area contributed by atoms with Crippen LogP contribution in [0.2, 0.25) is 0 Å². The van der Waals surface area contributed by atoms with Gasteiger partial charge in [0.15, 0.2) is 0 Å². The predicted octanol–water partition coefficient (Wildman–Crippen LogP) is 2.13. The number of nitrogens with zero attached hydrogens (tertiary/aromatic N) is 1. The molecular weight excluding hydrogens is 196 g/mol. The minimum Gasteiger partial charge on any atom is -0.383 e. The van der Waals surface area contributed by atoms with Crippen LogP contribution in [0.1, 0.15) is 36.5 Å². The number of hydrogen-bond donors (Lipinski definition) is 1. The Morgan fingerprint density at radius 3 is 3.07 bits per heavy atom. The first-order chi connectivity index (χ1) is 6.77. The van der Waals surface area contributed by atoms with Crippen molar-refractivity contribution < 1.29 is 4.74 Å². The number of ether oxygens (including phenoxy) is 1. The SMILES string of the molecule is CCCCc1nc(C(N)COC)cs1. The van der Waals surface area contributed by atoms with Crippen molar-refractivity contribution in [1.29, 1.82) is 0 Å². The minimum atomic E-state index is -0.0772. The van der Waals surface area contributed by atoms with Crippen molar-refractivity contribution in [2.45, 2.75) is 32.2 Å². The zero-order chi connectivity index (χ0) is 10.4. The fraction of sp³-hybridized carbons (Fsp3) is 0.700. The van der Waals surface area contributed by atoms with Crippen molar-refractivity contribution >= 4 is 11.3 Å². The molecule has 0 saturated heterocycles. The molecule has 0 aliphatic heterocycles. The van der Waals surface area contributed by atoms with E-state index in [-0.39, 0.29) is 6.04 Å². The van der Waals surface area contributed by atoms with Crippen LogP contribution in [-0.4, -0.2) is 18.7 Å². The van der Waals surface area contributed by atoms with E-state index in [4.69, 9.17) is 10.5 Å². The Kier molecular flexibility index (Phi) is 5.07. The molecule has 0 amide bonds. The molecule has 1 unspecified atom stereocenters. The molecule has 2 N–H and O–H groups in total. The van der Waals surface area contributed by atoms with Gasteiger partial charge in [0.05, 0.1) is 23.4 Å². The largest absolute Gasteiger partial charge is 0.383 e. The number of aryl methyl sites for hydroxylation is 1. The second kappa shape index (κ2) is 6.11. The highest BCUT2D eigenvalue weighted by Crippen LogP contribution is 2.17. The highest BCUT2D eigenvalue weighted by Gasteiger charge is 2.09. The van der Waals surface area contributed by atoms with E-state index in [1.165, 1.54) is 17.8 Å². The number of nitrogens with two attached hydrogens (primary N) is 1. The number of rotatable bonds is 6. The van der Waals surface area contributed by atoms with E-state index in [1.54, 1.807) is 18.4 Å². The summed E-state index contributed by atoms with van der Waals surface area (Å²) in [5, 5.41) is 3.22. The maximum Gasteiger partial charge on any atom is 0.0928 e. The molecule has 0 spiro atoms. The number of aromatic nitrogens is 1. The fourth-order valence-corrected chi connectivity index (χ4v) is 2.11. The smallest absolute Gasteiger partial charge is 0.0928 e. The summed E-state index contributed by atoms with van der Waals surface area (Å²) in [6.07, 6.45) is 3.48. The molecule has 0 aliphatic carbocycles. The van der Waals surface area contributed by atoms with Crippen molar-refractivity contribution in [3.05, 3.63) is 16.1 Å². The van der Waals surface area contributed by atoms with Gasteiger partial charge in [-0.05, 0) is 12.8 Å². The molecule has 3 nitrogen and oxygen atoms in total. The van der Waals surface area contributed by atoms with Gasteiger partial charge in [-0.1, -0.05) is 13.3 Å². The molecule has 1 rings (SSSR count). The Bertz CT molecular complexity index is 262. The molecule has 14 heavy (non-hydrogen) atoms. The average Bonchev–Trinajstić information content (AvgIpc) is 2.63. The van der Waals surface area contributed by atoms with Gasteiger partial charge in [0.25, 0.3) is 0 Å². The first-order valence-corrected chi connectivity index (χ1v) is 5.84. The summed E-state index contributed by atoms with van der Waals surface area (Å²) in [7, 11) is 1.66. The van der Waals surface area contributed by atoms with Crippen molar-refractivity contribution in [1.82, 2.24) is 4.98 Å². The second-order valence-electron chi connectivity index (χ2n) is 3.33. The van der Waals surface area contributed by atoms with Gasteiger partial charge in [0, 0.05) is 12.5 Å².